The molecule has 5 rings (SSSR count). The third-order valence-electron chi connectivity index (χ3n) is 4.04. The molecule has 3 heterocycles. The fourth-order valence-electron chi connectivity index (χ4n) is 3.37. The van der Waals surface area contributed by atoms with E-state index in [9.17, 15) is 0 Å². The molecule has 80 valence electrons. The van der Waals surface area contributed by atoms with Gasteiger partial charge >= 0.3 is 0 Å². The topological polar surface area (TPSA) is 3.88 Å². The van der Waals surface area contributed by atoms with Crippen molar-refractivity contribution in [2.45, 2.75) is 31.7 Å². The minimum atomic E-state index is 0.613. The fraction of sp³-hybridized carbons (Fsp3) is 0.357. The quantitative estimate of drug-likeness (QED) is 0.610. The largest absolute Gasteiger partial charge is 0.245 e. The highest BCUT2D eigenvalue weighted by molar-refractivity contribution is 7.09. The Hall–Kier alpha value is -1.15. The minimum Gasteiger partial charge on any atom is -0.183 e. The maximum Gasteiger partial charge on any atom is 0.245 e. The van der Waals surface area contributed by atoms with E-state index in [1.165, 1.54) is 18.5 Å². The molecule has 2 aliphatic heterocycles. The number of hydrogen-bond acceptors (Lipinski definition) is 1. The average Bonchev–Trinajstić information content (AvgIpc) is 2.74. The summed E-state index contributed by atoms with van der Waals surface area (Å²) in [6.45, 7) is 2.24. The third kappa shape index (κ3) is 0.938. The molecule has 0 saturated heterocycles. The van der Waals surface area contributed by atoms with E-state index in [0.717, 1.165) is 0 Å². The number of rotatable bonds is 0. The molecule has 2 unspecified atom stereocenters. The highest BCUT2D eigenvalue weighted by atomic mass is 32.1. The maximum atomic E-state index is 2.57. The summed E-state index contributed by atoms with van der Waals surface area (Å²) in [6, 6.07) is 9.62. The Morgan fingerprint density at radius 2 is 2.00 bits per heavy atom. The van der Waals surface area contributed by atoms with Gasteiger partial charge in [-0.25, -0.2) is 0 Å². The van der Waals surface area contributed by atoms with Crippen molar-refractivity contribution in [3.8, 4) is 0 Å². The van der Waals surface area contributed by atoms with E-state index in [4.69, 9.17) is 0 Å². The van der Waals surface area contributed by atoms with Gasteiger partial charge in [0.05, 0.1) is 11.3 Å². The predicted octanol–water partition coefficient (Wildman–Crippen LogP) is 3.17. The van der Waals surface area contributed by atoms with Crippen molar-refractivity contribution in [1.82, 2.24) is 0 Å². The molecule has 3 aliphatic rings. The maximum absolute atomic E-state index is 2.57. The van der Waals surface area contributed by atoms with Crippen LogP contribution in [0.3, 0.4) is 0 Å². The van der Waals surface area contributed by atoms with E-state index in [0.29, 0.717) is 12.0 Å². The van der Waals surface area contributed by atoms with Crippen LogP contribution in [0.4, 0.5) is 0 Å². The van der Waals surface area contributed by atoms with Crippen LogP contribution in [0.1, 0.15) is 46.6 Å². The lowest BCUT2D eigenvalue weighted by Crippen LogP contribution is -2.51. The average molecular weight is 228 g/mol. The molecule has 0 spiro atoms. The Bertz CT molecular complexity index is 570. The number of hydrogen-bond donors (Lipinski definition) is 0. The van der Waals surface area contributed by atoms with Gasteiger partial charge in [0.1, 0.15) is 0 Å². The Kier molecular flexibility index (Phi) is 1.65. The number of aromatic nitrogens is 1. The highest BCUT2D eigenvalue weighted by Gasteiger charge is 2.45. The van der Waals surface area contributed by atoms with Gasteiger partial charge in [0.15, 0.2) is 11.7 Å². The van der Waals surface area contributed by atoms with E-state index in [2.05, 4.69) is 41.1 Å². The van der Waals surface area contributed by atoms with E-state index in [-0.39, 0.29) is 0 Å². The summed E-state index contributed by atoms with van der Waals surface area (Å²) < 4.78 is 2.57. The second kappa shape index (κ2) is 2.95. The number of aryl methyl sites for hydroxylation is 1. The standard InChI is InChI=1S/C14H14NS/c1-9-8-16-14-12-6-7-13(15(9)14)11-5-3-2-4-10(11)12/h2-5,8,12-13H,6-7H2,1H3/q+1. The monoisotopic (exact) mass is 228 g/mol. The summed E-state index contributed by atoms with van der Waals surface area (Å²) in [5, 5.41) is 3.89. The molecule has 2 bridgehead atoms. The second-order valence-electron chi connectivity index (χ2n) is 4.86. The molecule has 0 amide bonds. The summed E-state index contributed by atoms with van der Waals surface area (Å²) in [5.41, 5.74) is 4.59. The van der Waals surface area contributed by atoms with Gasteiger partial charge in [-0.2, -0.15) is 4.57 Å². The van der Waals surface area contributed by atoms with Crippen molar-refractivity contribution in [2.75, 3.05) is 0 Å². The molecule has 2 aromatic rings. The van der Waals surface area contributed by atoms with Crippen LogP contribution in [0.25, 0.3) is 0 Å². The number of fused-ring (bicyclic) bond motifs is 1. The second-order valence-corrected chi connectivity index (χ2v) is 5.75. The Balaban J connectivity index is 2.05. The van der Waals surface area contributed by atoms with Crippen molar-refractivity contribution < 1.29 is 4.57 Å². The fourth-order valence-corrected chi connectivity index (χ4v) is 4.57. The summed E-state index contributed by atoms with van der Waals surface area (Å²) in [4.78, 5) is 0. The Morgan fingerprint density at radius 1 is 1.19 bits per heavy atom. The minimum absolute atomic E-state index is 0.613. The molecule has 2 heteroatoms. The van der Waals surface area contributed by atoms with Gasteiger partial charge in [-0.1, -0.05) is 35.6 Å². The molecule has 16 heavy (non-hydrogen) atoms. The first-order valence-electron chi connectivity index (χ1n) is 5.94. The molecule has 0 radical (unpaired) electrons. The zero-order valence-corrected chi connectivity index (χ0v) is 10.1. The van der Waals surface area contributed by atoms with Gasteiger partial charge < -0.3 is 0 Å². The molecule has 0 saturated carbocycles. The van der Waals surface area contributed by atoms with Crippen molar-refractivity contribution in [2.24, 2.45) is 0 Å². The van der Waals surface area contributed by atoms with E-state index < -0.39 is 0 Å². The van der Waals surface area contributed by atoms with Gasteiger partial charge in [-0.15, -0.1) is 0 Å². The molecular formula is C14H14NS+. The molecule has 1 aromatic carbocycles. The normalized spacial score (nSPS) is 25.3. The van der Waals surface area contributed by atoms with Crippen LogP contribution < -0.4 is 4.57 Å². The van der Waals surface area contributed by atoms with Crippen LogP contribution in [-0.4, -0.2) is 0 Å². The van der Waals surface area contributed by atoms with Crippen LogP contribution in [0.5, 0.6) is 0 Å². The zero-order chi connectivity index (χ0) is 10.7. The molecule has 1 aliphatic carbocycles. The summed E-state index contributed by atoms with van der Waals surface area (Å²) in [6.07, 6.45) is 2.65. The van der Waals surface area contributed by atoms with Gasteiger partial charge in [0.25, 0.3) is 0 Å². The van der Waals surface area contributed by atoms with Crippen LogP contribution >= 0.6 is 11.3 Å². The van der Waals surface area contributed by atoms with Crippen molar-refractivity contribution in [1.29, 1.82) is 0 Å². The van der Waals surface area contributed by atoms with Gasteiger partial charge in [-0.05, 0) is 12.0 Å². The Morgan fingerprint density at radius 3 is 2.88 bits per heavy atom. The molecule has 2 atom stereocenters. The number of thiazole rings is 1. The first-order valence-corrected chi connectivity index (χ1v) is 6.82. The molecule has 1 aromatic heterocycles. The van der Waals surface area contributed by atoms with Gasteiger partial charge in [0.2, 0.25) is 5.01 Å². The van der Waals surface area contributed by atoms with Crippen molar-refractivity contribution in [3.05, 3.63) is 51.5 Å². The van der Waals surface area contributed by atoms with E-state index in [1.807, 2.05) is 11.3 Å². The highest BCUT2D eigenvalue weighted by Crippen LogP contribution is 2.46. The van der Waals surface area contributed by atoms with Gasteiger partial charge in [0, 0.05) is 18.9 Å². The number of nitrogens with zero attached hydrogens (tertiary/aromatic N) is 1. The van der Waals surface area contributed by atoms with Gasteiger partial charge in [-0.3, -0.25) is 0 Å². The molecule has 0 N–H and O–H groups in total. The van der Waals surface area contributed by atoms with Crippen molar-refractivity contribution >= 4 is 11.3 Å². The van der Waals surface area contributed by atoms with Crippen LogP contribution in [0.15, 0.2) is 29.6 Å². The molecular weight excluding hydrogens is 214 g/mol. The number of benzene rings is 1. The lowest BCUT2D eigenvalue weighted by molar-refractivity contribution is -0.730. The summed E-state index contributed by atoms with van der Waals surface area (Å²) in [5.74, 6) is 0.667. The molecule has 0 fully saturated rings. The van der Waals surface area contributed by atoms with Crippen molar-refractivity contribution in [3.63, 3.8) is 0 Å². The van der Waals surface area contributed by atoms with E-state index in [1.54, 1.807) is 16.1 Å². The third-order valence-corrected chi connectivity index (χ3v) is 5.22. The lowest BCUT2D eigenvalue weighted by Gasteiger charge is -2.32. The zero-order valence-electron chi connectivity index (χ0n) is 9.31. The summed E-state index contributed by atoms with van der Waals surface area (Å²) >= 11 is 1.94. The van der Waals surface area contributed by atoms with Crippen LogP contribution in [0, 0.1) is 6.92 Å². The predicted molar refractivity (Wildman–Crippen MR) is 64.9 cm³/mol. The van der Waals surface area contributed by atoms with Crippen LogP contribution in [0.2, 0.25) is 0 Å². The SMILES string of the molecule is Cc1csc2[n+]1C1CCC2c2ccccc21. The smallest absolute Gasteiger partial charge is 0.183 e. The van der Waals surface area contributed by atoms with E-state index >= 15 is 0 Å². The Labute approximate surface area is 99.4 Å². The first kappa shape index (κ1) is 8.94. The van der Waals surface area contributed by atoms with Crippen LogP contribution in [-0.2, 0) is 0 Å². The molecule has 1 nitrogen and oxygen atoms in total. The summed E-state index contributed by atoms with van der Waals surface area (Å²) in [7, 11) is 0. The first-order chi connectivity index (χ1) is 7.86. The lowest BCUT2D eigenvalue weighted by atomic mass is 9.76.